The quantitative estimate of drug-likeness (QED) is 0.282. The normalized spacial score (nSPS) is 13.3. The smallest absolute Gasteiger partial charge is 0.167 e. The second kappa shape index (κ2) is 11.3. The molecule has 10 heteroatoms. The molecule has 0 amide bonds. The number of allylic oxidation sites excluding steroid dienone is 1. The highest BCUT2D eigenvalue weighted by Gasteiger charge is 2.23. The first-order valence-corrected chi connectivity index (χ1v) is 9.71. The Morgan fingerprint density at radius 2 is 2.07 bits per heavy atom. The van der Waals surface area contributed by atoms with Gasteiger partial charge in [-0.2, -0.15) is 9.61 Å². The van der Waals surface area contributed by atoms with Gasteiger partial charge in [-0.3, -0.25) is 0 Å². The second-order valence-electron chi connectivity index (χ2n) is 7.04. The lowest BCUT2D eigenvalue weighted by atomic mass is 9.96. The average molecular weight is 420 g/mol. The standard InChI is InChI=1S/C19H29N7O2.CH4O/c1-4-25(8-7-19(3,28)6-5-9-27)17-13(2)16(22)26-18(24-17)15(12-23-26)14(10-20)11-21;1-2/h9-12,20,28H,4-8,21-22H2,1-3H3;2H,1H3/b14-11+,20-10?;. The predicted octanol–water partition coefficient (Wildman–Crippen LogP) is 1.12. The van der Waals surface area contributed by atoms with Crippen molar-refractivity contribution in [2.24, 2.45) is 5.73 Å². The fourth-order valence-corrected chi connectivity index (χ4v) is 3.10. The summed E-state index contributed by atoms with van der Waals surface area (Å²) < 4.78 is 1.54. The Morgan fingerprint density at radius 1 is 1.40 bits per heavy atom. The molecule has 0 aliphatic rings. The van der Waals surface area contributed by atoms with E-state index < -0.39 is 5.60 Å². The summed E-state index contributed by atoms with van der Waals surface area (Å²) in [6.45, 7) is 6.84. The molecule has 1 unspecified atom stereocenters. The number of aliphatic hydroxyl groups is 2. The molecule has 0 spiro atoms. The van der Waals surface area contributed by atoms with E-state index in [-0.39, 0.29) is 0 Å². The monoisotopic (exact) mass is 419 g/mol. The van der Waals surface area contributed by atoms with Crippen molar-refractivity contribution in [3.05, 3.63) is 23.5 Å². The van der Waals surface area contributed by atoms with Crippen LogP contribution >= 0.6 is 0 Å². The molecule has 10 nitrogen and oxygen atoms in total. The van der Waals surface area contributed by atoms with Gasteiger partial charge in [0.2, 0.25) is 0 Å². The van der Waals surface area contributed by atoms with Gasteiger partial charge in [-0.15, -0.1) is 0 Å². The molecule has 1 atom stereocenters. The van der Waals surface area contributed by atoms with Crippen LogP contribution in [-0.2, 0) is 4.79 Å². The Labute approximate surface area is 176 Å². The van der Waals surface area contributed by atoms with Gasteiger partial charge in [0, 0.05) is 55.7 Å². The number of nitrogen functional groups attached to an aromatic ring is 1. The number of carbonyl (C=O) groups is 1. The van der Waals surface area contributed by atoms with Crippen LogP contribution < -0.4 is 16.4 Å². The van der Waals surface area contributed by atoms with Crippen molar-refractivity contribution in [2.45, 2.75) is 45.6 Å². The fourth-order valence-electron chi connectivity index (χ4n) is 3.10. The highest BCUT2D eigenvalue weighted by Crippen LogP contribution is 2.28. The van der Waals surface area contributed by atoms with Crippen molar-refractivity contribution in [3.8, 4) is 0 Å². The van der Waals surface area contributed by atoms with E-state index in [1.807, 2.05) is 18.7 Å². The molecule has 0 saturated heterocycles. The summed E-state index contributed by atoms with van der Waals surface area (Å²) >= 11 is 0. The summed E-state index contributed by atoms with van der Waals surface area (Å²) in [5, 5.41) is 29.3. The van der Waals surface area contributed by atoms with Gasteiger partial charge in [0.15, 0.2) is 5.65 Å². The molecule has 0 aliphatic heterocycles. The van der Waals surface area contributed by atoms with E-state index in [0.29, 0.717) is 60.8 Å². The lowest BCUT2D eigenvalue weighted by Gasteiger charge is -2.29. The molecule has 30 heavy (non-hydrogen) atoms. The fraction of sp³-hybridized carbons (Fsp3) is 0.500. The van der Waals surface area contributed by atoms with E-state index in [4.69, 9.17) is 27.0 Å². The van der Waals surface area contributed by atoms with Crippen LogP contribution in [0.5, 0.6) is 0 Å². The van der Waals surface area contributed by atoms with Crippen LogP contribution in [-0.4, -0.2) is 63.1 Å². The van der Waals surface area contributed by atoms with Gasteiger partial charge < -0.3 is 36.8 Å². The van der Waals surface area contributed by atoms with Gasteiger partial charge in [-0.25, -0.2) is 4.98 Å². The third kappa shape index (κ3) is 5.55. The van der Waals surface area contributed by atoms with E-state index in [0.717, 1.165) is 25.2 Å². The summed E-state index contributed by atoms with van der Waals surface area (Å²) in [6.07, 6.45) is 6.12. The lowest BCUT2D eigenvalue weighted by molar-refractivity contribution is -0.109. The van der Waals surface area contributed by atoms with E-state index >= 15 is 0 Å². The Bertz CT molecular complexity index is 890. The number of rotatable bonds is 10. The van der Waals surface area contributed by atoms with Crippen molar-refractivity contribution >= 4 is 35.4 Å². The van der Waals surface area contributed by atoms with Crippen LogP contribution in [0.15, 0.2) is 12.4 Å². The van der Waals surface area contributed by atoms with Gasteiger partial charge in [0.1, 0.15) is 17.9 Å². The minimum absolute atomic E-state index is 0.326. The average Bonchev–Trinajstić information content (AvgIpc) is 3.16. The largest absolute Gasteiger partial charge is 0.404 e. The highest BCUT2D eigenvalue weighted by molar-refractivity contribution is 6.10. The number of nitrogens with one attached hydrogen (secondary N) is 1. The Balaban J connectivity index is 0.00000218. The van der Waals surface area contributed by atoms with Gasteiger partial charge >= 0.3 is 0 Å². The molecule has 2 aromatic rings. The molecular formula is C20H33N7O3. The molecule has 7 N–H and O–H groups in total. The second-order valence-corrected chi connectivity index (χ2v) is 7.04. The molecular weight excluding hydrogens is 386 g/mol. The van der Waals surface area contributed by atoms with Gasteiger partial charge in [-0.1, -0.05) is 0 Å². The van der Waals surface area contributed by atoms with Crippen molar-refractivity contribution in [1.82, 2.24) is 14.6 Å². The van der Waals surface area contributed by atoms with Crippen LogP contribution in [0, 0.1) is 12.3 Å². The molecule has 0 saturated carbocycles. The number of aldehydes is 1. The molecule has 0 aromatic carbocycles. The maximum Gasteiger partial charge on any atom is 0.167 e. The number of anilines is 2. The first-order chi connectivity index (χ1) is 14.3. The van der Waals surface area contributed by atoms with Crippen molar-refractivity contribution in [2.75, 3.05) is 30.8 Å². The highest BCUT2D eigenvalue weighted by atomic mass is 16.3. The number of aromatic nitrogens is 3. The Morgan fingerprint density at radius 3 is 2.60 bits per heavy atom. The number of hydrogen-bond acceptors (Lipinski definition) is 9. The van der Waals surface area contributed by atoms with Crippen LogP contribution in [0.4, 0.5) is 11.6 Å². The van der Waals surface area contributed by atoms with Crippen LogP contribution in [0.1, 0.15) is 44.2 Å². The number of fused-ring (bicyclic) bond motifs is 1. The van der Waals surface area contributed by atoms with Crippen molar-refractivity contribution in [3.63, 3.8) is 0 Å². The van der Waals surface area contributed by atoms with Gasteiger partial charge in [0.25, 0.3) is 0 Å². The van der Waals surface area contributed by atoms with E-state index in [2.05, 4.69) is 5.10 Å². The zero-order valence-electron chi connectivity index (χ0n) is 18.1. The molecule has 2 aromatic heterocycles. The van der Waals surface area contributed by atoms with Crippen LogP contribution in [0.2, 0.25) is 0 Å². The molecule has 2 heterocycles. The Kier molecular flexibility index (Phi) is 9.41. The SMILES string of the molecule is CCN(CCC(C)(O)CCC=O)c1nc2c(/C(C=N)=C/N)cnn2c(N)c1C.CO. The maximum absolute atomic E-state index is 10.6. The number of carbonyl (C=O) groups excluding carboxylic acids is 1. The van der Waals surface area contributed by atoms with E-state index in [1.54, 1.807) is 13.1 Å². The third-order valence-electron chi connectivity index (χ3n) is 4.95. The van der Waals surface area contributed by atoms with Crippen LogP contribution in [0.3, 0.4) is 0 Å². The number of nitrogens with two attached hydrogens (primary N) is 2. The first kappa shape index (κ1) is 25.1. The minimum Gasteiger partial charge on any atom is -0.404 e. The lowest BCUT2D eigenvalue weighted by Crippen LogP contribution is -2.34. The summed E-state index contributed by atoms with van der Waals surface area (Å²) in [6, 6.07) is 0. The van der Waals surface area contributed by atoms with Crippen molar-refractivity contribution in [1.29, 1.82) is 5.41 Å². The molecule has 0 bridgehead atoms. The van der Waals surface area contributed by atoms with Crippen LogP contribution in [0.25, 0.3) is 11.2 Å². The molecule has 0 aliphatic carbocycles. The third-order valence-corrected chi connectivity index (χ3v) is 4.95. The minimum atomic E-state index is -0.935. The molecule has 2 rings (SSSR count). The van der Waals surface area contributed by atoms with Crippen molar-refractivity contribution < 1.29 is 15.0 Å². The van der Waals surface area contributed by atoms with Gasteiger partial charge in [-0.05, 0) is 33.6 Å². The number of aliphatic hydroxyl groups excluding tert-OH is 1. The summed E-state index contributed by atoms with van der Waals surface area (Å²) in [5.74, 6) is 1.15. The van der Waals surface area contributed by atoms with E-state index in [1.165, 1.54) is 10.7 Å². The molecule has 0 radical (unpaired) electrons. The summed E-state index contributed by atoms with van der Waals surface area (Å²) in [7, 11) is 1.00. The molecule has 166 valence electrons. The Hall–Kier alpha value is -2.98. The molecule has 0 fully saturated rings. The zero-order chi connectivity index (χ0) is 22.9. The van der Waals surface area contributed by atoms with E-state index in [9.17, 15) is 9.90 Å². The number of hydrogen-bond donors (Lipinski definition) is 5. The summed E-state index contributed by atoms with van der Waals surface area (Å²) in [4.78, 5) is 17.4. The topological polar surface area (TPSA) is 167 Å². The van der Waals surface area contributed by atoms with Gasteiger partial charge in [0.05, 0.1) is 11.8 Å². The first-order valence-electron chi connectivity index (χ1n) is 9.71. The maximum atomic E-state index is 10.6. The number of nitrogens with zero attached hydrogens (tertiary/aromatic N) is 4. The zero-order valence-corrected chi connectivity index (χ0v) is 18.1. The predicted molar refractivity (Wildman–Crippen MR) is 120 cm³/mol. The summed E-state index contributed by atoms with van der Waals surface area (Å²) in [5.41, 5.74) is 13.4.